The van der Waals surface area contributed by atoms with Gasteiger partial charge in [0.15, 0.2) is 0 Å². The lowest BCUT2D eigenvalue weighted by Gasteiger charge is -2.15. The molecule has 88 valence electrons. The molecule has 1 fully saturated rings. The molecule has 1 N–H and O–H groups in total. The topological polar surface area (TPSA) is 12.0 Å². The molecule has 0 saturated heterocycles. The normalized spacial score (nSPS) is 19.9. The molecule has 0 aromatic heterocycles. The average Bonchev–Trinajstić information content (AvgIpc) is 2.83. The molecule has 1 saturated carbocycles. The maximum atomic E-state index is 12.8. The molecule has 2 aliphatic rings. The van der Waals surface area contributed by atoms with Crippen LogP contribution in [0.5, 0.6) is 0 Å². The first-order valence-electron chi connectivity index (χ1n) is 4.98. The van der Waals surface area contributed by atoms with E-state index in [0.29, 0.717) is 17.8 Å². The van der Waals surface area contributed by atoms with Crippen molar-refractivity contribution in [2.24, 2.45) is 0 Å². The zero-order chi connectivity index (χ0) is 10.7. The second-order valence-corrected chi connectivity index (χ2v) is 4.36. The van der Waals surface area contributed by atoms with Crippen LogP contribution in [0.3, 0.4) is 0 Å². The van der Waals surface area contributed by atoms with Crippen LogP contribution in [0, 0.1) is 0 Å². The van der Waals surface area contributed by atoms with Gasteiger partial charge in [0.25, 0.3) is 0 Å². The van der Waals surface area contributed by atoms with Crippen molar-refractivity contribution in [3.63, 3.8) is 0 Å². The second-order valence-electron chi connectivity index (χ2n) is 4.36. The summed E-state index contributed by atoms with van der Waals surface area (Å²) >= 11 is 0. The van der Waals surface area contributed by atoms with Crippen molar-refractivity contribution in [1.82, 2.24) is 0 Å². The van der Waals surface area contributed by atoms with Gasteiger partial charge in [-0.1, -0.05) is 6.07 Å². The highest BCUT2D eigenvalue weighted by Gasteiger charge is 2.53. The van der Waals surface area contributed by atoms with E-state index in [9.17, 15) is 13.2 Å². The third kappa shape index (κ3) is 1.47. The van der Waals surface area contributed by atoms with Crippen molar-refractivity contribution in [2.75, 3.05) is 11.9 Å². The third-order valence-corrected chi connectivity index (χ3v) is 3.37. The number of hydrogen-bond donors (Lipinski definition) is 1. The van der Waals surface area contributed by atoms with Crippen LogP contribution >= 0.6 is 12.4 Å². The summed E-state index contributed by atoms with van der Waals surface area (Å²) in [4.78, 5) is 0. The van der Waals surface area contributed by atoms with E-state index in [1.165, 1.54) is 12.1 Å². The smallest absolute Gasteiger partial charge is 0.384 e. The van der Waals surface area contributed by atoms with E-state index < -0.39 is 11.7 Å². The molecule has 0 amide bonds. The first-order valence-corrected chi connectivity index (χ1v) is 4.98. The van der Waals surface area contributed by atoms with Crippen LogP contribution in [-0.4, -0.2) is 6.54 Å². The van der Waals surface area contributed by atoms with Crippen LogP contribution in [0.4, 0.5) is 18.9 Å². The lowest BCUT2D eigenvalue weighted by molar-refractivity contribution is -0.138. The molecule has 1 aliphatic heterocycles. The van der Waals surface area contributed by atoms with Crippen molar-refractivity contribution >= 4 is 18.1 Å². The Kier molecular flexibility index (Phi) is 2.38. The number of hydrogen-bond acceptors (Lipinski definition) is 1. The fraction of sp³-hybridized carbons (Fsp3) is 0.455. The molecule has 1 aliphatic carbocycles. The number of anilines is 1. The van der Waals surface area contributed by atoms with E-state index in [2.05, 4.69) is 5.32 Å². The highest BCUT2D eigenvalue weighted by molar-refractivity contribution is 5.85. The summed E-state index contributed by atoms with van der Waals surface area (Å²) in [6.45, 7) is 0.662. The van der Waals surface area contributed by atoms with Gasteiger partial charge in [-0.2, -0.15) is 13.2 Å². The summed E-state index contributed by atoms with van der Waals surface area (Å²) in [5.74, 6) is 0. The highest BCUT2D eigenvalue weighted by Crippen LogP contribution is 2.57. The lowest BCUT2D eigenvalue weighted by atomic mass is 9.93. The van der Waals surface area contributed by atoms with Crippen molar-refractivity contribution in [3.8, 4) is 0 Å². The molecule has 1 aromatic rings. The summed E-state index contributed by atoms with van der Waals surface area (Å²) in [6.07, 6.45) is -2.48. The molecule has 1 spiro atoms. The van der Waals surface area contributed by atoms with E-state index in [1.807, 2.05) is 0 Å². The van der Waals surface area contributed by atoms with E-state index in [1.54, 1.807) is 6.07 Å². The summed E-state index contributed by atoms with van der Waals surface area (Å²) in [6, 6.07) is 4.39. The van der Waals surface area contributed by atoms with E-state index in [-0.39, 0.29) is 17.8 Å². The summed E-state index contributed by atoms with van der Waals surface area (Å²) in [5, 5.41) is 3.07. The molecule has 3 rings (SSSR count). The van der Waals surface area contributed by atoms with Crippen LogP contribution in [-0.2, 0) is 11.6 Å². The van der Waals surface area contributed by atoms with Crippen molar-refractivity contribution in [3.05, 3.63) is 29.3 Å². The molecule has 0 unspecified atom stereocenters. The summed E-state index contributed by atoms with van der Waals surface area (Å²) in [5.41, 5.74) is 0.504. The van der Waals surface area contributed by atoms with Gasteiger partial charge in [0.05, 0.1) is 5.56 Å². The Morgan fingerprint density at radius 3 is 2.44 bits per heavy atom. The van der Waals surface area contributed by atoms with E-state index >= 15 is 0 Å². The second kappa shape index (κ2) is 3.29. The Morgan fingerprint density at radius 2 is 1.88 bits per heavy atom. The minimum atomic E-state index is -4.23. The van der Waals surface area contributed by atoms with Gasteiger partial charge in [0.2, 0.25) is 0 Å². The zero-order valence-corrected chi connectivity index (χ0v) is 9.21. The lowest BCUT2D eigenvalue weighted by Crippen LogP contribution is -2.15. The number of nitrogens with one attached hydrogen (secondary N) is 1. The van der Waals surface area contributed by atoms with Crippen molar-refractivity contribution in [1.29, 1.82) is 0 Å². The Bertz CT molecular complexity index is 424. The van der Waals surface area contributed by atoms with Crippen LogP contribution < -0.4 is 5.32 Å². The van der Waals surface area contributed by atoms with Crippen molar-refractivity contribution < 1.29 is 13.2 Å². The Balaban J connectivity index is 0.000000963. The first kappa shape index (κ1) is 11.6. The van der Waals surface area contributed by atoms with Gasteiger partial charge in [-0.05, 0) is 30.5 Å². The van der Waals surface area contributed by atoms with Gasteiger partial charge < -0.3 is 5.32 Å². The van der Waals surface area contributed by atoms with Gasteiger partial charge in [0.1, 0.15) is 0 Å². The quantitative estimate of drug-likeness (QED) is 0.741. The molecule has 0 radical (unpaired) electrons. The summed E-state index contributed by atoms with van der Waals surface area (Å²) < 4.78 is 38.4. The Labute approximate surface area is 97.4 Å². The highest BCUT2D eigenvalue weighted by atomic mass is 35.5. The number of rotatable bonds is 0. The number of halogens is 4. The third-order valence-electron chi connectivity index (χ3n) is 3.37. The standard InChI is InChI=1S/C11H10F3N.ClH/c12-11(13,14)7-2-1-3-8-9(7)10(4-5-10)6-15-8;/h1-3,15H,4-6H2;1H. The van der Waals surface area contributed by atoms with Gasteiger partial charge >= 0.3 is 6.18 Å². The maximum Gasteiger partial charge on any atom is 0.416 e. The molecule has 5 heteroatoms. The SMILES string of the molecule is Cl.FC(F)(F)c1cccc2c1C1(CC1)CN2. The van der Waals surface area contributed by atoms with E-state index in [0.717, 1.165) is 12.8 Å². The average molecular weight is 250 g/mol. The first-order chi connectivity index (χ1) is 7.03. The van der Waals surface area contributed by atoms with Crippen molar-refractivity contribution in [2.45, 2.75) is 24.4 Å². The van der Waals surface area contributed by atoms with Gasteiger partial charge in [0, 0.05) is 17.6 Å². The van der Waals surface area contributed by atoms with Gasteiger partial charge in [-0.3, -0.25) is 0 Å². The summed E-state index contributed by atoms with van der Waals surface area (Å²) in [7, 11) is 0. The molecule has 1 nitrogen and oxygen atoms in total. The minimum absolute atomic E-state index is 0. The van der Waals surface area contributed by atoms with Gasteiger partial charge in [-0.15, -0.1) is 12.4 Å². The van der Waals surface area contributed by atoms with Crippen LogP contribution in [0.25, 0.3) is 0 Å². The molecule has 1 heterocycles. The molecule has 0 atom stereocenters. The molecule has 16 heavy (non-hydrogen) atoms. The number of fused-ring (bicyclic) bond motifs is 2. The van der Waals surface area contributed by atoms with Gasteiger partial charge in [-0.25, -0.2) is 0 Å². The predicted molar refractivity (Wildman–Crippen MR) is 58.1 cm³/mol. The zero-order valence-electron chi connectivity index (χ0n) is 8.40. The number of benzene rings is 1. The van der Waals surface area contributed by atoms with Crippen LogP contribution in [0.15, 0.2) is 18.2 Å². The fourth-order valence-electron chi connectivity index (χ4n) is 2.44. The fourth-order valence-corrected chi connectivity index (χ4v) is 2.44. The molecule has 0 bridgehead atoms. The minimum Gasteiger partial charge on any atom is -0.384 e. The molecular weight excluding hydrogens is 239 g/mol. The Morgan fingerprint density at radius 1 is 1.19 bits per heavy atom. The Hall–Kier alpha value is -0.900. The van der Waals surface area contributed by atoms with Crippen LogP contribution in [0.2, 0.25) is 0 Å². The molecular formula is C11H11ClF3N. The van der Waals surface area contributed by atoms with E-state index in [4.69, 9.17) is 0 Å². The largest absolute Gasteiger partial charge is 0.416 e. The monoisotopic (exact) mass is 249 g/mol. The number of alkyl halides is 3. The predicted octanol–water partition coefficient (Wildman–Crippen LogP) is 3.58. The van der Waals surface area contributed by atoms with Crippen LogP contribution in [0.1, 0.15) is 24.0 Å². The maximum absolute atomic E-state index is 12.8. The molecule has 1 aromatic carbocycles.